The lowest BCUT2D eigenvalue weighted by molar-refractivity contribution is -0.150. The van der Waals surface area contributed by atoms with Crippen molar-refractivity contribution in [2.75, 3.05) is 33.4 Å². The Morgan fingerprint density at radius 1 is 1.26 bits per heavy atom. The van der Waals surface area contributed by atoms with E-state index in [2.05, 4.69) is 16.1 Å². The Hall–Kier alpha value is -2.22. The largest absolute Gasteiger partial charge is 0.506 e. The molecule has 2 N–H and O–H groups in total. The van der Waals surface area contributed by atoms with Gasteiger partial charge in [0.25, 0.3) is 0 Å². The molecule has 1 aromatic rings. The summed E-state index contributed by atoms with van der Waals surface area (Å²) >= 11 is 0. The summed E-state index contributed by atoms with van der Waals surface area (Å²) < 4.78 is 4.60. The van der Waals surface area contributed by atoms with Crippen molar-refractivity contribution in [3.8, 4) is 0 Å². The minimum atomic E-state index is -1.44. The number of hydroxylamine groups is 2. The van der Waals surface area contributed by atoms with Gasteiger partial charge in [0.15, 0.2) is 12.4 Å². The van der Waals surface area contributed by atoms with Gasteiger partial charge in [0.05, 0.1) is 12.6 Å². The molecular weight excluding hydrogens is 348 g/mol. The number of aryl methyl sites for hydroxylation is 2. The third-order valence-electron chi connectivity index (χ3n) is 5.54. The Labute approximate surface area is 158 Å². The summed E-state index contributed by atoms with van der Waals surface area (Å²) in [6.45, 7) is 5.55. The van der Waals surface area contributed by atoms with Crippen LogP contribution in [0, 0.1) is 13.8 Å². The van der Waals surface area contributed by atoms with E-state index < -0.39 is 18.3 Å². The van der Waals surface area contributed by atoms with Crippen LogP contribution in [0.25, 0.3) is 5.57 Å². The Morgan fingerprint density at radius 3 is 2.59 bits per heavy atom. The lowest BCUT2D eigenvalue weighted by Gasteiger charge is -2.40. The van der Waals surface area contributed by atoms with Crippen LogP contribution in [-0.4, -0.2) is 61.0 Å². The predicted octanol–water partition coefficient (Wildman–Crippen LogP) is 2.32. The van der Waals surface area contributed by atoms with Crippen molar-refractivity contribution >= 4 is 17.5 Å². The molecule has 1 saturated heterocycles. The molecule has 0 atom stereocenters. The Morgan fingerprint density at radius 2 is 1.96 bits per heavy atom. The Kier molecular flexibility index (Phi) is 5.64. The average Bonchev–Trinajstić information content (AvgIpc) is 3.01. The third kappa shape index (κ3) is 3.90. The zero-order valence-corrected chi connectivity index (χ0v) is 16.0. The molecule has 0 amide bonds. The monoisotopic (exact) mass is 374 g/mol. The third-order valence-corrected chi connectivity index (χ3v) is 5.54. The number of carbonyl (C=O) groups is 2. The van der Waals surface area contributed by atoms with Gasteiger partial charge in [-0.15, -0.1) is 0 Å². The highest BCUT2D eigenvalue weighted by molar-refractivity contribution is 6.07. The molecule has 0 aliphatic carbocycles. The van der Waals surface area contributed by atoms with Crippen LogP contribution in [0.3, 0.4) is 0 Å². The van der Waals surface area contributed by atoms with Crippen LogP contribution < -0.4 is 5.32 Å². The summed E-state index contributed by atoms with van der Waals surface area (Å²) in [6.07, 6.45) is -0.0152. The van der Waals surface area contributed by atoms with Crippen LogP contribution in [0.15, 0.2) is 23.8 Å². The van der Waals surface area contributed by atoms with Gasteiger partial charge >= 0.3 is 6.16 Å². The summed E-state index contributed by atoms with van der Waals surface area (Å²) in [5, 5.41) is 14.2. The van der Waals surface area contributed by atoms with E-state index in [1.54, 1.807) is 7.11 Å². The van der Waals surface area contributed by atoms with Gasteiger partial charge in [0.1, 0.15) is 0 Å². The number of Topliss-reactive ketones (excluding diaryl/α,β-unsaturated/α-hetero) is 1. The standard InChI is InChI=1S/C20H26N2O5/c1-13-4-5-14(2)15(10-13)16-11-21-20(6-8-22(26-3)9-7-20)18(16)17(23)12-27-19(24)25/h4-5,10,21H,6-9,11-12H2,1-3H3,(H,24,25). The van der Waals surface area contributed by atoms with Crippen LogP contribution >= 0.6 is 0 Å². The topological polar surface area (TPSA) is 88.1 Å². The second-order valence-electron chi connectivity index (χ2n) is 7.20. The number of hydrogen-bond acceptors (Lipinski definition) is 6. The minimum absolute atomic E-state index is 0.274. The molecule has 1 fully saturated rings. The molecule has 7 heteroatoms. The first-order valence-corrected chi connectivity index (χ1v) is 9.10. The van der Waals surface area contributed by atoms with E-state index in [1.165, 1.54) is 0 Å². The fourth-order valence-corrected chi connectivity index (χ4v) is 4.13. The molecule has 3 rings (SSSR count). The molecule has 1 aromatic carbocycles. The lowest BCUT2D eigenvalue weighted by Crippen LogP contribution is -2.53. The fraction of sp³-hybridized carbons (Fsp3) is 0.500. The summed E-state index contributed by atoms with van der Waals surface area (Å²) in [6, 6.07) is 6.18. The summed E-state index contributed by atoms with van der Waals surface area (Å²) in [7, 11) is 1.64. The molecular formula is C20H26N2O5. The van der Waals surface area contributed by atoms with Crippen molar-refractivity contribution < 1.29 is 24.3 Å². The van der Waals surface area contributed by atoms with Gasteiger partial charge in [-0.2, -0.15) is 5.06 Å². The highest BCUT2D eigenvalue weighted by Gasteiger charge is 2.46. The molecule has 2 heterocycles. The Bertz CT molecular complexity index is 779. The van der Waals surface area contributed by atoms with Crippen molar-refractivity contribution in [3.05, 3.63) is 40.5 Å². The fourth-order valence-electron chi connectivity index (χ4n) is 4.13. The van der Waals surface area contributed by atoms with Gasteiger partial charge in [0, 0.05) is 25.2 Å². The van der Waals surface area contributed by atoms with Gasteiger partial charge in [-0.3, -0.25) is 4.79 Å². The molecule has 146 valence electrons. The average molecular weight is 374 g/mol. The number of nitrogens with one attached hydrogen (secondary N) is 1. The first-order chi connectivity index (χ1) is 12.9. The van der Waals surface area contributed by atoms with Gasteiger partial charge < -0.3 is 20.0 Å². The smallest absolute Gasteiger partial charge is 0.450 e. The molecule has 2 aliphatic heterocycles. The second-order valence-corrected chi connectivity index (χ2v) is 7.20. The molecule has 7 nitrogen and oxygen atoms in total. The first-order valence-electron chi connectivity index (χ1n) is 9.10. The SMILES string of the molecule is CON1CCC2(CC1)NCC(c1cc(C)ccc1C)=C2C(=O)COC(=O)O. The van der Waals surface area contributed by atoms with Crippen LogP contribution in [0.2, 0.25) is 0 Å². The zero-order chi connectivity index (χ0) is 19.6. The molecule has 0 saturated carbocycles. The molecule has 0 radical (unpaired) electrons. The van der Waals surface area contributed by atoms with E-state index in [4.69, 9.17) is 9.94 Å². The highest BCUT2D eigenvalue weighted by Crippen LogP contribution is 2.40. The predicted molar refractivity (Wildman–Crippen MR) is 100 cm³/mol. The van der Waals surface area contributed by atoms with Crippen LogP contribution in [0.4, 0.5) is 4.79 Å². The number of carboxylic acid groups (broad SMARTS) is 1. The number of hydrogen-bond donors (Lipinski definition) is 2. The van der Waals surface area contributed by atoms with Crippen LogP contribution in [-0.2, 0) is 14.4 Å². The van der Waals surface area contributed by atoms with Crippen molar-refractivity contribution in [1.82, 2.24) is 10.4 Å². The second kappa shape index (κ2) is 7.80. The Balaban J connectivity index is 2.03. The lowest BCUT2D eigenvalue weighted by atomic mass is 9.78. The normalized spacial score (nSPS) is 19.5. The van der Waals surface area contributed by atoms with Gasteiger partial charge in [-0.05, 0) is 43.4 Å². The molecule has 27 heavy (non-hydrogen) atoms. The number of benzene rings is 1. The molecule has 0 unspecified atom stereocenters. The summed E-state index contributed by atoms with van der Waals surface area (Å²) in [4.78, 5) is 29.1. The van der Waals surface area contributed by atoms with Crippen molar-refractivity contribution in [2.45, 2.75) is 32.2 Å². The molecule has 0 aromatic heterocycles. The number of rotatable bonds is 5. The van der Waals surface area contributed by atoms with E-state index in [0.717, 1.165) is 22.3 Å². The zero-order valence-electron chi connectivity index (χ0n) is 16.0. The molecule has 0 bridgehead atoms. The quantitative estimate of drug-likeness (QED) is 0.765. The number of ketones is 1. The number of nitrogens with zero attached hydrogens (tertiary/aromatic N) is 1. The van der Waals surface area contributed by atoms with Crippen molar-refractivity contribution in [3.63, 3.8) is 0 Å². The first kappa shape index (κ1) is 19.5. The molecule has 1 spiro atoms. The highest BCUT2D eigenvalue weighted by atomic mass is 16.7. The van der Waals surface area contributed by atoms with E-state index in [0.29, 0.717) is 38.0 Å². The van der Waals surface area contributed by atoms with Gasteiger partial charge in [0.2, 0.25) is 0 Å². The minimum Gasteiger partial charge on any atom is -0.450 e. The maximum atomic E-state index is 13.0. The van der Waals surface area contributed by atoms with E-state index in [-0.39, 0.29) is 5.78 Å². The van der Waals surface area contributed by atoms with Crippen molar-refractivity contribution in [2.24, 2.45) is 0 Å². The maximum absolute atomic E-state index is 13.0. The van der Waals surface area contributed by atoms with Gasteiger partial charge in [-0.1, -0.05) is 23.8 Å². The van der Waals surface area contributed by atoms with Crippen LogP contribution in [0.5, 0.6) is 0 Å². The van der Waals surface area contributed by atoms with E-state index in [9.17, 15) is 9.59 Å². The maximum Gasteiger partial charge on any atom is 0.506 e. The van der Waals surface area contributed by atoms with E-state index in [1.807, 2.05) is 31.0 Å². The number of ether oxygens (including phenoxy) is 1. The van der Waals surface area contributed by atoms with Crippen LogP contribution in [0.1, 0.15) is 29.5 Å². The number of piperidine rings is 1. The summed E-state index contributed by atoms with van der Waals surface area (Å²) in [5.41, 5.74) is 4.38. The van der Waals surface area contributed by atoms with Gasteiger partial charge in [-0.25, -0.2) is 4.79 Å². The molecule has 2 aliphatic rings. The van der Waals surface area contributed by atoms with Crippen molar-refractivity contribution in [1.29, 1.82) is 0 Å². The number of carbonyl (C=O) groups excluding carboxylic acids is 1. The van der Waals surface area contributed by atoms with E-state index >= 15 is 0 Å². The summed E-state index contributed by atoms with van der Waals surface area (Å²) in [5.74, 6) is -0.274.